The van der Waals surface area contributed by atoms with E-state index in [1.165, 1.54) is 5.56 Å². The van der Waals surface area contributed by atoms with Crippen molar-refractivity contribution in [2.45, 2.75) is 13.3 Å². The van der Waals surface area contributed by atoms with Gasteiger partial charge < -0.3 is 10.6 Å². The summed E-state index contributed by atoms with van der Waals surface area (Å²) in [7, 11) is 1.87. The molecule has 0 bridgehead atoms. The van der Waals surface area contributed by atoms with E-state index in [4.69, 9.17) is 17.3 Å². The largest absolute Gasteiger partial charge is 0.369 e. The van der Waals surface area contributed by atoms with Gasteiger partial charge in [-0.2, -0.15) is 0 Å². The molecule has 3 aromatic rings. The van der Waals surface area contributed by atoms with Gasteiger partial charge in [-0.1, -0.05) is 42.8 Å². The molecule has 0 aliphatic rings. The summed E-state index contributed by atoms with van der Waals surface area (Å²) >= 11 is 6.25. The number of nitrogens with zero attached hydrogens (tertiary/aromatic N) is 3. The minimum absolute atomic E-state index is 0.364. The summed E-state index contributed by atoms with van der Waals surface area (Å²) in [6.07, 6.45) is 2.69. The Labute approximate surface area is 146 Å². The molecule has 1 aromatic heterocycles. The van der Waals surface area contributed by atoms with Crippen LogP contribution in [-0.2, 0) is 6.42 Å². The van der Waals surface area contributed by atoms with Gasteiger partial charge in [0.2, 0.25) is 5.96 Å². The molecule has 0 aliphatic carbocycles. The zero-order chi connectivity index (χ0) is 17.1. The summed E-state index contributed by atoms with van der Waals surface area (Å²) in [6.45, 7) is 2.09. The van der Waals surface area contributed by atoms with E-state index >= 15 is 0 Å². The van der Waals surface area contributed by atoms with E-state index in [1.54, 1.807) is 6.20 Å². The van der Waals surface area contributed by atoms with Crippen LogP contribution < -0.4 is 10.6 Å². The van der Waals surface area contributed by atoms with Crippen LogP contribution >= 0.6 is 11.6 Å². The number of aryl methyl sites for hydroxylation is 1. The van der Waals surface area contributed by atoms with Gasteiger partial charge in [0.25, 0.3) is 0 Å². The Hall–Kier alpha value is -2.59. The minimum atomic E-state index is 0.364. The highest BCUT2D eigenvalue weighted by molar-refractivity contribution is 6.33. The number of anilines is 1. The molecule has 0 fully saturated rings. The van der Waals surface area contributed by atoms with Gasteiger partial charge in [0, 0.05) is 18.6 Å². The van der Waals surface area contributed by atoms with Gasteiger partial charge in [-0.05, 0) is 36.2 Å². The highest BCUT2D eigenvalue weighted by Gasteiger charge is 2.11. The average Bonchev–Trinajstić information content (AvgIpc) is 2.62. The molecule has 4 nitrogen and oxygen atoms in total. The van der Waals surface area contributed by atoms with Crippen LogP contribution in [0.5, 0.6) is 0 Å². The summed E-state index contributed by atoms with van der Waals surface area (Å²) in [4.78, 5) is 10.8. The molecule has 0 atom stereocenters. The summed E-state index contributed by atoms with van der Waals surface area (Å²) in [5.41, 5.74) is 9.85. The maximum absolute atomic E-state index is 6.25. The average molecular weight is 339 g/mol. The summed E-state index contributed by atoms with van der Waals surface area (Å²) < 4.78 is 0. The first-order valence-electron chi connectivity index (χ1n) is 7.80. The van der Waals surface area contributed by atoms with Gasteiger partial charge in [0.05, 0.1) is 21.9 Å². The Bertz CT molecular complexity index is 900. The monoisotopic (exact) mass is 338 g/mol. The second kappa shape index (κ2) is 6.89. The van der Waals surface area contributed by atoms with Crippen LogP contribution in [0.25, 0.3) is 10.9 Å². The smallest absolute Gasteiger partial charge is 0.200 e. The van der Waals surface area contributed by atoms with Crippen molar-refractivity contribution in [3.8, 4) is 0 Å². The highest BCUT2D eigenvalue weighted by Crippen LogP contribution is 2.28. The number of aliphatic imine (C=N–C) groups is 1. The fourth-order valence-electron chi connectivity index (χ4n) is 2.54. The first-order valence-corrected chi connectivity index (χ1v) is 8.18. The van der Waals surface area contributed by atoms with Crippen molar-refractivity contribution in [2.75, 3.05) is 11.9 Å². The van der Waals surface area contributed by atoms with E-state index in [0.717, 1.165) is 23.0 Å². The van der Waals surface area contributed by atoms with Crippen LogP contribution in [0.15, 0.2) is 59.7 Å². The number of hydrogen-bond donors (Lipinski definition) is 1. The molecular formula is C19H19ClN4. The number of hydrogen-bond acceptors (Lipinski definition) is 2. The minimum Gasteiger partial charge on any atom is -0.369 e. The Kier molecular flexibility index (Phi) is 4.67. The van der Waals surface area contributed by atoms with Gasteiger partial charge in [-0.3, -0.25) is 4.98 Å². The van der Waals surface area contributed by atoms with Gasteiger partial charge >= 0.3 is 0 Å². The lowest BCUT2D eigenvalue weighted by molar-refractivity contribution is 1.14. The van der Waals surface area contributed by atoms with Gasteiger partial charge in [-0.25, -0.2) is 4.99 Å². The molecule has 0 unspecified atom stereocenters. The number of nitrogens with two attached hydrogens (primary N) is 1. The van der Waals surface area contributed by atoms with Crippen molar-refractivity contribution in [1.82, 2.24) is 4.98 Å². The topological polar surface area (TPSA) is 54.5 Å². The van der Waals surface area contributed by atoms with E-state index in [9.17, 15) is 0 Å². The van der Waals surface area contributed by atoms with Crippen molar-refractivity contribution >= 4 is 39.8 Å². The number of fused-ring (bicyclic) bond motifs is 1. The molecule has 0 saturated heterocycles. The zero-order valence-electron chi connectivity index (χ0n) is 13.7. The fraction of sp³-hybridized carbons (Fsp3) is 0.158. The highest BCUT2D eigenvalue weighted by atomic mass is 35.5. The number of rotatable bonds is 3. The third-order valence-electron chi connectivity index (χ3n) is 3.97. The molecule has 1 heterocycles. The van der Waals surface area contributed by atoms with Crippen LogP contribution in [0, 0.1) is 0 Å². The van der Waals surface area contributed by atoms with Crippen molar-refractivity contribution in [3.05, 3.63) is 65.3 Å². The number of benzene rings is 2. The maximum Gasteiger partial charge on any atom is 0.200 e. The van der Waals surface area contributed by atoms with Crippen LogP contribution in [0.2, 0.25) is 5.02 Å². The van der Waals surface area contributed by atoms with Crippen molar-refractivity contribution in [3.63, 3.8) is 0 Å². The van der Waals surface area contributed by atoms with Gasteiger partial charge in [0.1, 0.15) is 0 Å². The van der Waals surface area contributed by atoms with Crippen LogP contribution in [-0.4, -0.2) is 18.0 Å². The molecule has 3 rings (SSSR count). The SMILES string of the molecule is CCc1ccc(Cl)c(N=C(N)N(C)c2cccc3cccnc23)c1. The van der Waals surface area contributed by atoms with E-state index in [0.29, 0.717) is 16.7 Å². The molecule has 2 aromatic carbocycles. The molecule has 0 amide bonds. The van der Waals surface area contributed by atoms with E-state index in [2.05, 4.69) is 16.9 Å². The Morgan fingerprint density at radius 1 is 1.21 bits per heavy atom. The summed E-state index contributed by atoms with van der Waals surface area (Å²) in [5.74, 6) is 0.364. The fourth-order valence-corrected chi connectivity index (χ4v) is 2.70. The number of guanidine groups is 1. The Morgan fingerprint density at radius 2 is 2.00 bits per heavy atom. The number of halogens is 1. The standard InChI is InChI=1S/C19H19ClN4/c1-3-13-9-10-15(20)16(12-13)23-19(21)24(2)17-8-4-6-14-7-5-11-22-18(14)17/h4-12H,3H2,1-2H3,(H2,21,23). The second-order valence-corrected chi connectivity index (χ2v) is 5.93. The predicted octanol–water partition coefficient (Wildman–Crippen LogP) is 4.53. The molecule has 5 heteroatoms. The van der Waals surface area contributed by atoms with E-state index in [-0.39, 0.29) is 0 Å². The first-order chi connectivity index (χ1) is 11.6. The van der Waals surface area contributed by atoms with Crippen LogP contribution in [0.3, 0.4) is 0 Å². The third-order valence-corrected chi connectivity index (χ3v) is 4.29. The molecule has 0 radical (unpaired) electrons. The second-order valence-electron chi connectivity index (χ2n) is 5.52. The normalized spacial score (nSPS) is 11.7. The third kappa shape index (κ3) is 3.19. The molecule has 122 valence electrons. The predicted molar refractivity (Wildman–Crippen MR) is 102 cm³/mol. The maximum atomic E-state index is 6.25. The Balaban J connectivity index is 2.01. The summed E-state index contributed by atoms with van der Waals surface area (Å²) in [6, 6.07) is 15.7. The molecule has 24 heavy (non-hydrogen) atoms. The van der Waals surface area contributed by atoms with E-state index < -0.39 is 0 Å². The molecule has 0 aliphatic heterocycles. The molecule has 0 saturated carbocycles. The van der Waals surface area contributed by atoms with E-state index in [1.807, 2.05) is 60.5 Å². The number of pyridine rings is 1. The zero-order valence-corrected chi connectivity index (χ0v) is 14.5. The lowest BCUT2D eigenvalue weighted by Gasteiger charge is -2.19. The first kappa shape index (κ1) is 16.3. The Morgan fingerprint density at radius 3 is 2.79 bits per heavy atom. The van der Waals surface area contributed by atoms with Gasteiger partial charge in [-0.15, -0.1) is 0 Å². The number of para-hydroxylation sites is 1. The van der Waals surface area contributed by atoms with Crippen molar-refractivity contribution < 1.29 is 0 Å². The van der Waals surface area contributed by atoms with Crippen molar-refractivity contribution in [1.29, 1.82) is 0 Å². The van der Waals surface area contributed by atoms with Crippen molar-refractivity contribution in [2.24, 2.45) is 10.7 Å². The summed E-state index contributed by atoms with van der Waals surface area (Å²) in [5, 5.41) is 1.64. The number of aromatic nitrogens is 1. The molecule has 0 spiro atoms. The quantitative estimate of drug-likeness (QED) is 0.563. The lowest BCUT2D eigenvalue weighted by atomic mass is 10.1. The van der Waals surface area contributed by atoms with Crippen LogP contribution in [0.4, 0.5) is 11.4 Å². The lowest BCUT2D eigenvalue weighted by Crippen LogP contribution is -2.33. The molecule has 2 N–H and O–H groups in total. The van der Waals surface area contributed by atoms with Crippen LogP contribution in [0.1, 0.15) is 12.5 Å². The molecular weight excluding hydrogens is 320 g/mol. The van der Waals surface area contributed by atoms with Gasteiger partial charge in [0.15, 0.2) is 0 Å².